The van der Waals surface area contributed by atoms with E-state index in [0.29, 0.717) is 12.1 Å². The van der Waals surface area contributed by atoms with E-state index in [-0.39, 0.29) is 0 Å². The highest BCUT2D eigenvalue weighted by Gasteiger charge is 2.25. The zero-order valence-corrected chi connectivity index (χ0v) is 12.7. The van der Waals surface area contributed by atoms with Gasteiger partial charge in [0.05, 0.1) is 7.11 Å². The summed E-state index contributed by atoms with van der Waals surface area (Å²) in [5.74, 6) is 0.988. The van der Waals surface area contributed by atoms with Crippen LogP contribution in [0.4, 0.5) is 0 Å². The van der Waals surface area contributed by atoms with Crippen molar-refractivity contribution in [2.24, 2.45) is 0 Å². The van der Waals surface area contributed by atoms with E-state index in [1.54, 1.807) is 7.11 Å². The minimum absolute atomic E-state index is 0.529. The molecule has 0 amide bonds. The third-order valence-corrected chi connectivity index (χ3v) is 4.73. The van der Waals surface area contributed by atoms with E-state index >= 15 is 0 Å². The Balaban J connectivity index is 1.72. The molecule has 110 valence electrons. The molecule has 3 nitrogen and oxygen atoms in total. The number of likely N-dealkylation sites (N-methyl/N-ethyl adjacent to an activating group) is 1. The molecule has 1 aromatic carbocycles. The molecule has 0 saturated carbocycles. The van der Waals surface area contributed by atoms with Crippen LogP contribution in [0.15, 0.2) is 18.2 Å². The molecular weight excluding hydrogens is 248 g/mol. The number of hydrogen-bond donors (Lipinski definition) is 1. The van der Waals surface area contributed by atoms with Gasteiger partial charge in [0.2, 0.25) is 0 Å². The van der Waals surface area contributed by atoms with Crippen LogP contribution >= 0.6 is 0 Å². The molecule has 0 spiro atoms. The first-order valence-corrected chi connectivity index (χ1v) is 7.87. The average Bonchev–Trinajstić information content (AvgIpc) is 2.47. The highest BCUT2D eigenvalue weighted by atomic mass is 16.5. The Morgan fingerprint density at radius 1 is 1.25 bits per heavy atom. The van der Waals surface area contributed by atoms with Crippen molar-refractivity contribution in [1.29, 1.82) is 0 Å². The van der Waals surface area contributed by atoms with Crippen molar-refractivity contribution in [3.63, 3.8) is 0 Å². The second-order valence-electron chi connectivity index (χ2n) is 6.28. The van der Waals surface area contributed by atoms with Crippen molar-refractivity contribution in [2.75, 3.05) is 27.2 Å². The number of nitrogens with one attached hydrogen (secondary N) is 1. The number of likely N-dealkylation sites (tertiary alicyclic amines) is 1. The van der Waals surface area contributed by atoms with Crippen molar-refractivity contribution in [2.45, 2.75) is 44.2 Å². The number of methoxy groups -OCH3 is 1. The molecular formula is C17H26N2O. The van der Waals surface area contributed by atoms with Crippen LogP contribution in [0.3, 0.4) is 0 Å². The number of rotatable bonds is 3. The zero-order chi connectivity index (χ0) is 13.9. The standard InChI is InChI=1S/C17H26N2O/c1-19-10-4-6-14(12-19)18-17-7-3-5-13-11-15(20-2)8-9-16(13)17/h8-9,11,14,17-18H,3-7,10,12H2,1-2H3. The lowest BCUT2D eigenvalue weighted by atomic mass is 9.86. The highest BCUT2D eigenvalue weighted by molar-refractivity contribution is 5.39. The fourth-order valence-corrected chi connectivity index (χ4v) is 3.68. The van der Waals surface area contributed by atoms with E-state index < -0.39 is 0 Å². The number of nitrogens with zero attached hydrogens (tertiary/aromatic N) is 1. The van der Waals surface area contributed by atoms with Crippen LogP contribution in [0.5, 0.6) is 5.75 Å². The predicted molar refractivity (Wildman–Crippen MR) is 82.3 cm³/mol. The molecule has 1 heterocycles. The Labute approximate surface area is 122 Å². The van der Waals surface area contributed by atoms with Crippen LogP contribution in [-0.4, -0.2) is 38.2 Å². The first kappa shape index (κ1) is 13.9. The summed E-state index contributed by atoms with van der Waals surface area (Å²) < 4.78 is 5.35. The molecule has 2 unspecified atom stereocenters. The van der Waals surface area contributed by atoms with Crippen molar-refractivity contribution < 1.29 is 4.74 Å². The molecule has 1 aromatic rings. The van der Waals surface area contributed by atoms with Crippen LogP contribution in [0.25, 0.3) is 0 Å². The fraction of sp³-hybridized carbons (Fsp3) is 0.647. The highest BCUT2D eigenvalue weighted by Crippen LogP contribution is 2.33. The van der Waals surface area contributed by atoms with Gasteiger partial charge in [0.15, 0.2) is 0 Å². The normalized spacial score (nSPS) is 27.1. The van der Waals surface area contributed by atoms with Crippen LogP contribution in [0.2, 0.25) is 0 Å². The van der Waals surface area contributed by atoms with Gasteiger partial charge in [-0.05, 0) is 69.0 Å². The van der Waals surface area contributed by atoms with Gasteiger partial charge in [0, 0.05) is 18.6 Å². The molecule has 2 atom stereocenters. The fourth-order valence-electron chi connectivity index (χ4n) is 3.68. The predicted octanol–water partition coefficient (Wildman–Crippen LogP) is 2.76. The quantitative estimate of drug-likeness (QED) is 0.917. The molecule has 1 aliphatic carbocycles. The summed E-state index contributed by atoms with van der Waals surface area (Å²) in [4.78, 5) is 2.44. The van der Waals surface area contributed by atoms with E-state index in [9.17, 15) is 0 Å². The number of hydrogen-bond acceptors (Lipinski definition) is 3. The van der Waals surface area contributed by atoms with Crippen molar-refractivity contribution >= 4 is 0 Å². The van der Waals surface area contributed by atoms with Gasteiger partial charge in [0.25, 0.3) is 0 Å². The van der Waals surface area contributed by atoms with Crippen LogP contribution in [0.1, 0.15) is 42.9 Å². The molecule has 1 saturated heterocycles. The van der Waals surface area contributed by atoms with Gasteiger partial charge >= 0.3 is 0 Å². The number of ether oxygens (including phenoxy) is 1. The molecule has 0 bridgehead atoms. The molecule has 3 heteroatoms. The van der Waals surface area contributed by atoms with E-state index in [2.05, 4.69) is 35.5 Å². The summed E-state index contributed by atoms with van der Waals surface area (Å²) in [7, 11) is 3.98. The van der Waals surface area contributed by atoms with Gasteiger partial charge in [0.1, 0.15) is 5.75 Å². The van der Waals surface area contributed by atoms with Crippen LogP contribution < -0.4 is 10.1 Å². The molecule has 2 aliphatic rings. The molecule has 1 N–H and O–H groups in total. The molecule has 0 radical (unpaired) electrons. The van der Waals surface area contributed by atoms with Gasteiger partial charge in [-0.3, -0.25) is 0 Å². The van der Waals surface area contributed by atoms with Gasteiger partial charge in [-0.25, -0.2) is 0 Å². The maximum atomic E-state index is 5.35. The van der Waals surface area contributed by atoms with Crippen molar-refractivity contribution in [3.05, 3.63) is 29.3 Å². The van der Waals surface area contributed by atoms with Gasteiger partial charge in [-0.15, -0.1) is 0 Å². The smallest absolute Gasteiger partial charge is 0.119 e. The zero-order valence-electron chi connectivity index (χ0n) is 12.7. The van der Waals surface area contributed by atoms with E-state index in [0.717, 1.165) is 5.75 Å². The second kappa shape index (κ2) is 6.15. The van der Waals surface area contributed by atoms with Crippen LogP contribution in [-0.2, 0) is 6.42 Å². The Kier molecular flexibility index (Phi) is 4.27. The lowest BCUT2D eigenvalue weighted by Gasteiger charge is -2.35. The first-order valence-electron chi connectivity index (χ1n) is 7.87. The van der Waals surface area contributed by atoms with Crippen molar-refractivity contribution in [1.82, 2.24) is 10.2 Å². The van der Waals surface area contributed by atoms with E-state index in [1.165, 1.54) is 56.3 Å². The summed E-state index contributed by atoms with van der Waals surface area (Å²) in [5, 5.41) is 3.90. The molecule has 1 fully saturated rings. The summed E-state index contributed by atoms with van der Waals surface area (Å²) in [6, 6.07) is 7.76. The Hall–Kier alpha value is -1.06. The lowest BCUT2D eigenvalue weighted by molar-refractivity contribution is 0.212. The third-order valence-electron chi connectivity index (χ3n) is 4.73. The minimum atomic E-state index is 0.529. The number of piperidine rings is 1. The Morgan fingerprint density at radius 2 is 2.15 bits per heavy atom. The maximum absolute atomic E-state index is 5.35. The third kappa shape index (κ3) is 2.99. The monoisotopic (exact) mass is 274 g/mol. The molecule has 3 rings (SSSR count). The summed E-state index contributed by atoms with van der Waals surface area (Å²) in [5.41, 5.74) is 2.96. The number of aryl methyl sites for hydroxylation is 1. The maximum Gasteiger partial charge on any atom is 0.119 e. The van der Waals surface area contributed by atoms with E-state index in [1.807, 2.05) is 0 Å². The number of benzene rings is 1. The SMILES string of the molecule is COc1ccc2c(c1)CCCC2NC1CCCN(C)C1. The summed E-state index contributed by atoms with van der Waals surface area (Å²) in [6.07, 6.45) is 6.36. The molecule has 20 heavy (non-hydrogen) atoms. The second-order valence-corrected chi connectivity index (χ2v) is 6.28. The number of fused-ring (bicyclic) bond motifs is 1. The minimum Gasteiger partial charge on any atom is -0.497 e. The lowest BCUT2D eigenvalue weighted by Crippen LogP contribution is -2.45. The average molecular weight is 274 g/mol. The van der Waals surface area contributed by atoms with Gasteiger partial charge < -0.3 is 15.0 Å². The Morgan fingerprint density at radius 3 is 2.95 bits per heavy atom. The molecule has 0 aromatic heterocycles. The summed E-state index contributed by atoms with van der Waals surface area (Å²) >= 11 is 0. The largest absolute Gasteiger partial charge is 0.497 e. The summed E-state index contributed by atoms with van der Waals surface area (Å²) in [6.45, 7) is 2.43. The van der Waals surface area contributed by atoms with Gasteiger partial charge in [-0.2, -0.15) is 0 Å². The van der Waals surface area contributed by atoms with Crippen LogP contribution in [0, 0.1) is 0 Å². The first-order chi connectivity index (χ1) is 9.76. The molecule has 1 aliphatic heterocycles. The Bertz CT molecular complexity index is 460. The topological polar surface area (TPSA) is 24.5 Å². The van der Waals surface area contributed by atoms with Crippen molar-refractivity contribution in [3.8, 4) is 5.75 Å². The van der Waals surface area contributed by atoms with Gasteiger partial charge in [-0.1, -0.05) is 6.07 Å². The van der Waals surface area contributed by atoms with E-state index in [4.69, 9.17) is 4.74 Å².